The van der Waals surface area contributed by atoms with Gasteiger partial charge in [0.2, 0.25) is 5.91 Å². The van der Waals surface area contributed by atoms with Gasteiger partial charge in [0.25, 0.3) is 5.91 Å². The van der Waals surface area contributed by atoms with Crippen molar-refractivity contribution in [2.24, 2.45) is 0 Å². The van der Waals surface area contributed by atoms with Gasteiger partial charge in [0.05, 0.1) is 17.6 Å². The minimum Gasteiger partial charge on any atom is -0.348 e. The molecule has 2 aromatic carbocycles. The molecule has 0 spiro atoms. The van der Waals surface area contributed by atoms with E-state index in [1.54, 1.807) is 6.92 Å². The van der Waals surface area contributed by atoms with Crippen LogP contribution >= 0.6 is 22.9 Å². The second kappa shape index (κ2) is 8.02. The second-order valence-electron chi connectivity index (χ2n) is 5.89. The lowest BCUT2D eigenvalue weighted by Gasteiger charge is -2.15. The first-order valence-corrected chi connectivity index (χ1v) is 9.26. The van der Waals surface area contributed by atoms with Crippen LogP contribution in [0.4, 0.5) is 8.78 Å². The average molecular weight is 409 g/mol. The van der Waals surface area contributed by atoms with Crippen LogP contribution in [-0.4, -0.2) is 18.4 Å². The molecule has 1 unspecified atom stereocenters. The number of thiophene rings is 1. The van der Waals surface area contributed by atoms with Crippen molar-refractivity contribution in [2.45, 2.75) is 13.0 Å². The summed E-state index contributed by atoms with van der Waals surface area (Å²) < 4.78 is 27.2. The number of fused-ring (bicyclic) bond motifs is 1. The summed E-state index contributed by atoms with van der Waals surface area (Å²) in [5, 5.41) is 6.27. The Morgan fingerprint density at radius 3 is 2.59 bits per heavy atom. The van der Waals surface area contributed by atoms with E-state index in [1.807, 2.05) is 24.3 Å². The Kier molecular flexibility index (Phi) is 5.72. The highest BCUT2D eigenvalue weighted by molar-refractivity contribution is 7.21. The molecule has 8 heteroatoms. The highest BCUT2D eigenvalue weighted by Crippen LogP contribution is 2.34. The van der Waals surface area contributed by atoms with E-state index < -0.39 is 29.5 Å². The van der Waals surface area contributed by atoms with E-state index in [-0.39, 0.29) is 6.54 Å². The Morgan fingerprint density at radius 1 is 1.15 bits per heavy atom. The first kappa shape index (κ1) is 19.3. The number of hydrogen-bond acceptors (Lipinski definition) is 3. The molecule has 0 bridgehead atoms. The van der Waals surface area contributed by atoms with E-state index in [2.05, 4.69) is 10.6 Å². The molecule has 4 nitrogen and oxygen atoms in total. The van der Waals surface area contributed by atoms with Crippen LogP contribution in [0.5, 0.6) is 0 Å². The summed E-state index contributed by atoms with van der Waals surface area (Å²) in [7, 11) is 0. The molecule has 0 aliphatic rings. The zero-order valence-electron chi connectivity index (χ0n) is 14.2. The van der Waals surface area contributed by atoms with Crippen molar-refractivity contribution in [3.8, 4) is 0 Å². The summed E-state index contributed by atoms with van der Waals surface area (Å²) >= 11 is 7.49. The number of hydrogen-bond donors (Lipinski definition) is 2. The molecule has 2 amide bonds. The number of carbonyl (C=O) groups is 2. The second-order valence-corrected chi connectivity index (χ2v) is 7.32. The normalized spacial score (nSPS) is 12.0. The lowest BCUT2D eigenvalue weighted by Crippen LogP contribution is -2.37. The van der Waals surface area contributed by atoms with Gasteiger partial charge in [0, 0.05) is 10.1 Å². The first-order valence-electron chi connectivity index (χ1n) is 8.06. The van der Waals surface area contributed by atoms with Crippen LogP contribution in [0.15, 0.2) is 42.5 Å². The molecule has 3 rings (SSSR count). The van der Waals surface area contributed by atoms with Gasteiger partial charge in [-0.1, -0.05) is 35.9 Å². The van der Waals surface area contributed by atoms with Crippen LogP contribution in [0.1, 0.15) is 28.2 Å². The molecule has 27 heavy (non-hydrogen) atoms. The van der Waals surface area contributed by atoms with E-state index in [0.717, 1.165) is 22.2 Å². The molecule has 0 aliphatic carbocycles. The summed E-state index contributed by atoms with van der Waals surface area (Å²) in [5.41, 5.74) is 0.418. The quantitative estimate of drug-likeness (QED) is 0.655. The van der Waals surface area contributed by atoms with Crippen molar-refractivity contribution in [3.05, 3.63) is 69.6 Å². The van der Waals surface area contributed by atoms with Crippen LogP contribution < -0.4 is 10.6 Å². The molecule has 2 N–H and O–H groups in total. The number of rotatable bonds is 5. The van der Waals surface area contributed by atoms with Gasteiger partial charge in [0.15, 0.2) is 11.6 Å². The highest BCUT2D eigenvalue weighted by Gasteiger charge is 2.18. The largest absolute Gasteiger partial charge is 0.348 e. The van der Waals surface area contributed by atoms with Crippen LogP contribution in [0.3, 0.4) is 0 Å². The maximum Gasteiger partial charge on any atom is 0.263 e. The molecule has 3 aromatic rings. The van der Waals surface area contributed by atoms with E-state index in [4.69, 9.17) is 11.6 Å². The van der Waals surface area contributed by atoms with Crippen molar-refractivity contribution in [2.75, 3.05) is 6.54 Å². The minimum atomic E-state index is -0.985. The fourth-order valence-corrected chi connectivity index (χ4v) is 3.99. The Balaban J connectivity index is 1.60. The van der Waals surface area contributed by atoms with Crippen molar-refractivity contribution in [3.63, 3.8) is 0 Å². The molecule has 0 fully saturated rings. The van der Waals surface area contributed by atoms with E-state index in [9.17, 15) is 18.4 Å². The summed E-state index contributed by atoms with van der Waals surface area (Å²) in [6.07, 6.45) is 0. The summed E-state index contributed by atoms with van der Waals surface area (Å²) in [6.45, 7) is 1.37. The molecular formula is C19H15ClF2N2O2S. The third-order valence-corrected chi connectivity index (χ3v) is 5.65. The third kappa shape index (κ3) is 4.26. The van der Waals surface area contributed by atoms with Gasteiger partial charge in [-0.15, -0.1) is 11.3 Å². The van der Waals surface area contributed by atoms with Gasteiger partial charge in [0.1, 0.15) is 4.88 Å². The monoisotopic (exact) mass is 408 g/mol. The Hall–Kier alpha value is -2.51. The van der Waals surface area contributed by atoms with Crippen molar-refractivity contribution in [1.82, 2.24) is 10.6 Å². The SMILES string of the molecule is CC(NC(=O)CNC(=O)c1sc2ccccc2c1Cl)c1ccc(F)c(F)c1. The molecule has 0 radical (unpaired) electrons. The Morgan fingerprint density at radius 2 is 1.89 bits per heavy atom. The predicted octanol–water partition coefficient (Wildman–Crippen LogP) is 4.44. The lowest BCUT2D eigenvalue weighted by molar-refractivity contribution is -0.120. The molecule has 0 saturated heterocycles. The maximum absolute atomic E-state index is 13.3. The molecule has 1 atom stereocenters. The third-order valence-electron chi connectivity index (χ3n) is 3.97. The van der Waals surface area contributed by atoms with Crippen molar-refractivity contribution >= 4 is 44.8 Å². The van der Waals surface area contributed by atoms with Crippen molar-refractivity contribution in [1.29, 1.82) is 0 Å². The molecule has 1 aromatic heterocycles. The molecule has 140 valence electrons. The van der Waals surface area contributed by atoms with Gasteiger partial charge in [-0.2, -0.15) is 0 Å². The van der Waals surface area contributed by atoms with Crippen LogP contribution in [0.2, 0.25) is 5.02 Å². The van der Waals surface area contributed by atoms with Gasteiger partial charge in [-0.05, 0) is 30.7 Å². The van der Waals surface area contributed by atoms with Gasteiger partial charge >= 0.3 is 0 Å². The molecule has 1 heterocycles. The van der Waals surface area contributed by atoms with Gasteiger partial charge in [-0.25, -0.2) is 8.78 Å². The first-order chi connectivity index (χ1) is 12.9. The zero-order chi connectivity index (χ0) is 19.6. The van der Waals surface area contributed by atoms with Gasteiger partial charge < -0.3 is 10.6 Å². The summed E-state index contributed by atoms with van der Waals surface area (Å²) in [5.74, 6) is -2.85. The lowest BCUT2D eigenvalue weighted by atomic mass is 10.1. The number of benzene rings is 2. The highest BCUT2D eigenvalue weighted by atomic mass is 35.5. The molecule has 0 saturated carbocycles. The van der Waals surface area contributed by atoms with Crippen LogP contribution in [-0.2, 0) is 4.79 Å². The average Bonchev–Trinajstić information content (AvgIpc) is 2.99. The smallest absolute Gasteiger partial charge is 0.263 e. The fraction of sp³-hybridized carbons (Fsp3) is 0.158. The van der Waals surface area contributed by atoms with Gasteiger partial charge in [-0.3, -0.25) is 9.59 Å². The maximum atomic E-state index is 13.3. The summed E-state index contributed by atoms with van der Waals surface area (Å²) in [6, 6.07) is 10.2. The van der Waals surface area contributed by atoms with E-state index in [1.165, 1.54) is 17.4 Å². The Labute approximate surface area is 163 Å². The number of carbonyl (C=O) groups excluding carboxylic acids is 2. The van der Waals surface area contributed by atoms with Crippen LogP contribution in [0, 0.1) is 11.6 Å². The van der Waals surface area contributed by atoms with Crippen LogP contribution in [0.25, 0.3) is 10.1 Å². The summed E-state index contributed by atoms with van der Waals surface area (Å²) in [4.78, 5) is 24.7. The number of halogens is 3. The van der Waals surface area contributed by atoms with E-state index >= 15 is 0 Å². The minimum absolute atomic E-state index is 0.266. The zero-order valence-corrected chi connectivity index (χ0v) is 15.8. The number of amides is 2. The predicted molar refractivity (Wildman–Crippen MR) is 102 cm³/mol. The topological polar surface area (TPSA) is 58.2 Å². The Bertz CT molecular complexity index is 1020. The fourth-order valence-electron chi connectivity index (χ4n) is 2.56. The van der Waals surface area contributed by atoms with E-state index in [0.29, 0.717) is 15.5 Å². The molecular weight excluding hydrogens is 394 g/mol. The standard InChI is InChI=1S/C19H15ClF2N2O2S/c1-10(11-6-7-13(21)14(22)8-11)24-16(25)9-23-19(26)18-17(20)12-4-2-3-5-15(12)27-18/h2-8,10H,9H2,1H3,(H,23,26)(H,24,25). The number of nitrogens with one attached hydrogen (secondary N) is 2. The molecule has 0 aliphatic heterocycles. The van der Waals surface area contributed by atoms with Crippen molar-refractivity contribution < 1.29 is 18.4 Å².